The average molecular weight is 276 g/mol. The summed E-state index contributed by atoms with van der Waals surface area (Å²) in [4.78, 5) is 8.16. The van der Waals surface area contributed by atoms with E-state index in [9.17, 15) is 8.78 Å². The minimum absolute atomic E-state index is 0.0358. The summed E-state index contributed by atoms with van der Waals surface area (Å²) in [5.41, 5.74) is 1.72. The molecule has 0 bridgehead atoms. The minimum atomic E-state index is -2.51. The topological polar surface area (TPSA) is 37.8 Å². The van der Waals surface area contributed by atoms with Crippen molar-refractivity contribution in [2.24, 2.45) is 0 Å². The van der Waals surface area contributed by atoms with Gasteiger partial charge in [-0.25, -0.2) is 18.7 Å². The molecule has 0 aliphatic heterocycles. The van der Waals surface area contributed by atoms with Crippen LogP contribution in [0.5, 0.6) is 0 Å². The van der Waals surface area contributed by atoms with Crippen LogP contribution in [0.15, 0.2) is 0 Å². The number of anilines is 1. The van der Waals surface area contributed by atoms with Crippen molar-refractivity contribution in [1.29, 1.82) is 0 Å². The SMILES string of the molecule is Cc1nc(Cl)nc(NC2CCC(F)(F)CC2)c1C. The zero-order valence-electron chi connectivity index (χ0n) is 10.4. The average Bonchev–Trinajstić information content (AvgIpc) is 2.28. The Morgan fingerprint density at radius 1 is 1.22 bits per heavy atom. The monoisotopic (exact) mass is 275 g/mol. The summed E-state index contributed by atoms with van der Waals surface area (Å²) < 4.78 is 26.1. The molecule has 0 unspecified atom stereocenters. The Kier molecular flexibility index (Phi) is 3.71. The van der Waals surface area contributed by atoms with Gasteiger partial charge in [0.2, 0.25) is 11.2 Å². The number of nitrogens with one attached hydrogen (secondary N) is 1. The Balaban J connectivity index is 2.07. The maximum absolute atomic E-state index is 13.0. The van der Waals surface area contributed by atoms with Crippen LogP contribution in [0, 0.1) is 13.8 Å². The van der Waals surface area contributed by atoms with Crippen molar-refractivity contribution in [2.45, 2.75) is 51.5 Å². The second kappa shape index (κ2) is 4.96. The second-order valence-electron chi connectivity index (χ2n) is 4.83. The third-order valence-corrected chi connectivity index (χ3v) is 3.59. The maximum atomic E-state index is 13.0. The van der Waals surface area contributed by atoms with E-state index in [1.54, 1.807) is 0 Å². The number of rotatable bonds is 2. The van der Waals surface area contributed by atoms with Gasteiger partial charge in [0.1, 0.15) is 5.82 Å². The molecule has 0 amide bonds. The highest BCUT2D eigenvalue weighted by Gasteiger charge is 2.35. The first-order valence-corrected chi connectivity index (χ1v) is 6.40. The number of aromatic nitrogens is 2. The van der Waals surface area contributed by atoms with Gasteiger partial charge in [0.25, 0.3) is 0 Å². The highest BCUT2D eigenvalue weighted by Crippen LogP contribution is 2.34. The summed E-state index contributed by atoms with van der Waals surface area (Å²) in [5, 5.41) is 3.38. The fourth-order valence-electron chi connectivity index (χ4n) is 2.11. The predicted octanol–water partition coefficient (Wildman–Crippen LogP) is 3.74. The molecule has 0 atom stereocenters. The number of hydrogen-bond acceptors (Lipinski definition) is 3. The smallest absolute Gasteiger partial charge is 0.248 e. The zero-order chi connectivity index (χ0) is 13.3. The molecule has 0 radical (unpaired) electrons. The Bertz CT molecular complexity index is 441. The van der Waals surface area contributed by atoms with Gasteiger partial charge in [0, 0.05) is 30.1 Å². The molecular weight excluding hydrogens is 260 g/mol. The fraction of sp³-hybridized carbons (Fsp3) is 0.667. The van der Waals surface area contributed by atoms with E-state index in [0.717, 1.165) is 11.3 Å². The summed E-state index contributed by atoms with van der Waals surface area (Å²) in [6.45, 7) is 3.74. The van der Waals surface area contributed by atoms with Crippen LogP contribution in [-0.4, -0.2) is 21.9 Å². The van der Waals surface area contributed by atoms with Crippen molar-refractivity contribution >= 4 is 17.4 Å². The Morgan fingerprint density at radius 3 is 2.44 bits per heavy atom. The van der Waals surface area contributed by atoms with E-state index < -0.39 is 5.92 Å². The lowest BCUT2D eigenvalue weighted by Crippen LogP contribution is -2.32. The fourth-order valence-corrected chi connectivity index (χ4v) is 2.32. The van der Waals surface area contributed by atoms with Crippen LogP contribution in [-0.2, 0) is 0 Å². The lowest BCUT2D eigenvalue weighted by molar-refractivity contribution is -0.0361. The molecular formula is C12H16ClF2N3. The van der Waals surface area contributed by atoms with E-state index in [0.29, 0.717) is 18.7 Å². The number of alkyl halides is 2. The summed E-state index contributed by atoms with van der Waals surface area (Å²) in [7, 11) is 0. The molecule has 100 valence electrons. The normalized spacial score (nSPS) is 19.8. The Labute approximate surface area is 110 Å². The van der Waals surface area contributed by atoms with E-state index in [1.165, 1.54) is 0 Å². The van der Waals surface area contributed by atoms with E-state index in [1.807, 2.05) is 13.8 Å². The van der Waals surface area contributed by atoms with Crippen LogP contribution in [0.3, 0.4) is 0 Å². The highest BCUT2D eigenvalue weighted by atomic mass is 35.5. The molecule has 1 aliphatic carbocycles. The van der Waals surface area contributed by atoms with Gasteiger partial charge in [-0.15, -0.1) is 0 Å². The van der Waals surface area contributed by atoms with Crippen LogP contribution >= 0.6 is 11.6 Å². The van der Waals surface area contributed by atoms with E-state index >= 15 is 0 Å². The highest BCUT2D eigenvalue weighted by molar-refractivity contribution is 6.28. The zero-order valence-corrected chi connectivity index (χ0v) is 11.2. The van der Waals surface area contributed by atoms with Gasteiger partial charge >= 0.3 is 0 Å². The molecule has 0 aromatic carbocycles. The molecule has 18 heavy (non-hydrogen) atoms. The summed E-state index contributed by atoms with van der Waals surface area (Å²) in [6, 6.07) is 0.0358. The van der Waals surface area contributed by atoms with Gasteiger partial charge in [0.05, 0.1) is 0 Å². The van der Waals surface area contributed by atoms with Crippen LogP contribution in [0.4, 0.5) is 14.6 Å². The van der Waals surface area contributed by atoms with Crippen molar-refractivity contribution in [1.82, 2.24) is 9.97 Å². The number of nitrogens with zero attached hydrogens (tertiary/aromatic N) is 2. The summed E-state index contributed by atoms with van der Waals surface area (Å²) in [5.74, 6) is -1.85. The molecule has 1 heterocycles. The molecule has 1 aromatic heterocycles. The third-order valence-electron chi connectivity index (χ3n) is 3.42. The number of hydrogen-bond donors (Lipinski definition) is 1. The number of aryl methyl sites for hydroxylation is 1. The molecule has 1 fully saturated rings. The van der Waals surface area contributed by atoms with Gasteiger partial charge in [0.15, 0.2) is 0 Å². The van der Waals surface area contributed by atoms with Gasteiger partial charge in [-0.3, -0.25) is 0 Å². The standard InChI is InChI=1S/C12H16ClF2N3/c1-7-8(2)16-11(13)18-10(7)17-9-3-5-12(14,15)6-4-9/h9H,3-6H2,1-2H3,(H,16,17,18). The van der Waals surface area contributed by atoms with Gasteiger partial charge in [-0.1, -0.05) is 0 Å². The van der Waals surface area contributed by atoms with E-state index in [4.69, 9.17) is 11.6 Å². The Morgan fingerprint density at radius 2 is 1.83 bits per heavy atom. The van der Waals surface area contributed by atoms with Crippen LogP contribution in [0.2, 0.25) is 5.28 Å². The van der Waals surface area contributed by atoms with Gasteiger partial charge in [-0.2, -0.15) is 0 Å². The molecule has 1 aliphatic rings. The molecule has 2 rings (SSSR count). The minimum Gasteiger partial charge on any atom is -0.367 e. The van der Waals surface area contributed by atoms with Crippen molar-refractivity contribution in [3.05, 3.63) is 16.5 Å². The van der Waals surface area contributed by atoms with Gasteiger partial charge in [-0.05, 0) is 38.3 Å². The van der Waals surface area contributed by atoms with Crippen molar-refractivity contribution in [3.8, 4) is 0 Å². The first kappa shape index (κ1) is 13.5. The third kappa shape index (κ3) is 3.07. The summed E-state index contributed by atoms with van der Waals surface area (Å²) >= 11 is 5.80. The van der Waals surface area contributed by atoms with E-state index in [-0.39, 0.29) is 24.2 Å². The first-order valence-electron chi connectivity index (χ1n) is 6.02. The first-order chi connectivity index (χ1) is 8.37. The van der Waals surface area contributed by atoms with Crippen molar-refractivity contribution in [2.75, 3.05) is 5.32 Å². The molecule has 0 spiro atoms. The van der Waals surface area contributed by atoms with Gasteiger partial charge < -0.3 is 5.32 Å². The molecule has 3 nitrogen and oxygen atoms in total. The van der Waals surface area contributed by atoms with Crippen molar-refractivity contribution < 1.29 is 8.78 Å². The van der Waals surface area contributed by atoms with Crippen LogP contribution in [0.25, 0.3) is 0 Å². The maximum Gasteiger partial charge on any atom is 0.248 e. The molecule has 6 heteroatoms. The van der Waals surface area contributed by atoms with Crippen LogP contribution in [0.1, 0.15) is 36.9 Å². The summed E-state index contributed by atoms with van der Waals surface area (Å²) in [6.07, 6.45) is 0.767. The quantitative estimate of drug-likeness (QED) is 0.836. The van der Waals surface area contributed by atoms with Crippen molar-refractivity contribution in [3.63, 3.8) is 0 Å². The lowest BCUT2D eigenvalue weighted by atomic mass is 9.92. The number of halogens is 3. The predicted molar refractivity (Wildman–Crippen MR) is 67.3 cm³/mol. The molecule has 1 N–H and O–H groups in total. The van der Waals surface area contributed by atoms with Crippen LogP contribution < -0.4 is 5.32 Å². The second-order valence-corrected chi connectivity index (χ2v) is 5.16. The Hall–Kier alpha value is -0.970. The van der Waals surface area contributed by atoms with E-state index in [2.05, 4.69) is 15.3 Å². The molecule has 1 saturated carbocycles. The molecule has 0 saturated heterocycles. The molecule has 1 aromatic rings. The largest absolute Gasteiger partial charge is 0.367 e. The lowest BCUT2D eigenvalue weighted by Gasteiger charge is -2.29.